The molecule has 0 aromatic heterocycles. The molecule has 3 nitrogen and oxygen atoms in total. The third-order valence-electron chi connectivity index (χ3n) is 3.84. The highest BCUT2D eigenvalue weighted by Crippen LogP contribution is 2.29. The number of benzene rings is 2. The van der Waals surface area contributed by atoms with Crippen molar-refractivity contribution in [3.05, 3.63) is 53.1 Å². The highest BCUT2D eigenvalue weighted by molar-refractivity contribution is 5.63. The largest absolute Gasteiger partial charge is 0.492 e. The third-order valence-corrected chi connectivity index (χ3v) is 3.84. The average molecular weight is 282 g/mol. The van der Waals surface area contributed by atoms with Gasteiger partial charge in [-0.3, -0.25) is 0 Å². The normalized spacial score (nSPS) is 12.7. The van der Waals surface area contributed by atoms with Gasteiger partial charge in [-0.2, -0.15) is 0 Å². The number of hydrogen-bond acceptors (Lipinski definition) is 3. The van der Waals surface area contributed by atoms with Crippen LogP contribution in [0, 0.1) is 6.92 Å². The van der Waals surface area contributed by atoms with Crippen LogP contribution >= 0.6 is 0 Å². The molecule has 110 valence electrons. The van der Waals surface area contributed by atoms with Crippen molar-refractivity contribution >= 4 is 11.4 Å². The fraction of sp³-hybridized carbons (Fsp3) is 0.333. The van der Waals surface area contributed by atoms with Crippen molar-refractivity contribution in [1.82, 2.24) is 0 Å². The molecule has 21 heavy (non-hydrogen) atoms. The SMILES string of the molecule is CCOc1cc(C)ccc1NCc1cccc2c1NCC2. The Hall–Kier alpha value is -2.16. The summed E-state index contributed by atoms with van der Waals surface area (Å²) in [5.41, 5.74) is 6.30. The molecule has 1 heterocycles. The summed E-state index contributed by atoms with van der Waals surface area (Å²) in [5, 5.41) is 6.99. The topological polar surface area (TPSA) is 33.3 Å². The summed E-state index contributed by atoms with van der Waals surface area (Å²) in [6, 6.07) is 12.8. The zero-order chi connectivity index (χ0) is 14.7. The molecule has 0 bridgehead atoms. The number of aryl methyl sites for hydroxylation is 1. The Morgan fingerprint density at radius 1 is 1.24 bits per heavy atom. The minimum absolute atomic E-state index is 0.681. The summed E-state index contributed by atoms with van der Waals surface area (Å²) in [6.07, 6.45) is 1.12. The molecule has 0 fully saturated rings. The summed E-state index contributed by atoms with van der Waals surface area (Å²) in [7, 11) is 0. The van der Waals surface area contributed by atoms with Gasteiger partial charge in [0.1, 0.15) is 5.75 Å². The zero-order valence-electron chi connectivity index (χ0n) is 12.7. The van der Waals surface area contributed by atoms with Crippen molar-refractivity contribution in [2.75, 3.05) is 23.8 Å². The molecule has 0 amide bonds. The van der Waals surface area contributed by atoms with E-state index in [9.17, 15) is 0 Å². The van der Waals surface area contributed by atoms with Crippen LogP contribution in [0.15, 0.2) is 36.4 Å². The van der Waals surface area contributed by atoms with Crippen molar-refractivity contribution < 1.29 is 4.74 Å². The van der Waals surface area contributed by atoms with E-state index in [-0.39, 0.29) is 0 Å². The predicted molar refractivity (Wildman–Crippen MR) is 88.3 cm³/mol. The predicted octanol–water partition coefficient (Wildman–Crippen LogP) is 3.97. The monoisotopic (exact) mass is 282 g/mol. The van der Waals surface area contributed by atoms with Gasteiger partial charge in [-0.15, -0.1) is 0 Å². The molecular formula is C18H22N2O. The molecule has 0 atom stereocenters. The first-order valence-corrected chi connectivity index (χ1v) is 7.60. The van der Waals surface area contributed by atoms with E-state index < -0.39 is 0 Å². The van der Waals surface area contributed by atoms with E-state index in [1.807, 2.05) is 6.92 Å². The number of rotatable bonds is 5. The van der Waals surface area contributed by atoms with E-state index in [2.05, 4.69) is 54.0 Å². The first-order chi connectivity index (χ1) is 10.3. The van der Waals surface area contributed by atoms with Gasteiger partial charge < -0.3 is 15.4 Å². The summed E-state index contributed by atoms with van der Waals surface area (Å²) in [6.45, 7) is 6.63. The molecule has 0 saturated carbocycles. The molecule has 0 radical (unpaired) electrons. The van der Waals surface area contributed by atoms with Gasteiger partial charge >= 0.3 is 0 Å². The van der Waals surface area contributed by atoms with Crippen molar-refractivity contribution in [2.24, 2.45) is 0 Å². The van der Waals surface area contributed by atoms with Gasteiger partial charge in [0.2, 0.25) is 0 Å². The standard InChI is InChI=1S/C18H22N2O/c1-3-21-17-11-13(2)7-8-16(17)20-12-15-6-4-5-14-9-10-19-18(14)15/h4-8,11,19-20H,3,9-10,12H2,1-2H3. The van der Waals surface area contributed by atoms with Crippen molar-refractivity contribution in [3.63, 3.8) is 0 Å². The zero-order valence-corrected chi connectivity index (χ0v) is 12.7. The van der Waals surface area contributed by atoms with Crippen molar-refractivity contribution in [3.8, 4) is 5.75 Å². The van der Waals surface area contributed by atoms with Crippen LogP contribution in [0.25, 0.3) is 0 Å². The molecule has 0 saturated heterocycles. The molecule has 2 N–H and O–H groups in total. The van der Waals surface area contributed by atoms with E-state index in [1.54, 1.807) is 0 Å². The maximum atomic E-state index is 5.72. The van der Waals surface area contributed by atoms with Crippen LogP contribution in [-0.2, 0) is 13.0 Å². The van der Waals surface area contributed by atoms with Gasteiger partial charge in [0.25, 0.3) is 0 Å². The summed E-state index contributed by atoms with van der Waals surface area (Å²) in [4.78, 5) is 0. The number of fused-ring (bicyclic) bond motifs is 1. The van der Waals surface area contributed by atoms with Gasteiger partial charge in [0, 0.05) is 18.8 Å². The van der Waals surface area contributed by atoms with Crippen LogP contribution in [0.4, 0.5) is 11.4 Å². The van der Waals surface area contributed by atoms with E-state index in [0.29, 0.717) is 6.61 Å². The molecule has 3 heteroatoms. The average Bonchev–Trinajstić information content (AvgIpc) is 2.96. The first-order valence-electron chi connectivity index (χ1n) is 7.60. The van der Waals surface area contributed by atoms with E-state index in [0.717, 1.165) is 30.9 Å². The second-order valence-corrected chi connectivity index (χ2v) is 5.41. The molecule has 0 unspecified atom stereocenters. The Morgan fingerprint density at radius 3 is 3.00 bits per heavy atom. The number of anilines is 2. The number of ether oxygens (including phenoxy) is 1. The van der Waals surface area contributed by atoms with Crippen LogP contribution in [0.1, 0.15) is 23.6 Å². The van der Waals surface area contributed by atoms with Crippen LogP contribution < -0.4 is 15.4 Å². The van der Waals surface area contributed by atoms with Crippen LogP contribution in [0.3, 0.4) is 0 Å². The van der Waals surface area contributed by atoms with E-state index >= 15 is 0 Å². The maximum Gasteiger partial charge on any atom is 0.142 e. The minimum Gasteiger partial charge on any atom is -0.492 e. The fourth-order valence-electron chi connectivity index (χ4n) is 2.80. The number of hydrogen-bond donors (Lipinski definition) is 2. The van der Waals surface area contributed by atoms with Crippen LogP contribution in [0.2, 0.25) is 0 Å². The number of nitrogens with one attached hydrogen (secondary N) is 2. The lowest BCUT2D eigenvalue weighted by Crippen LogP contribution is -2.05. The first kappa shape index (κ1) is 13.8. The summed E-state index contributed by atoms with van der Waals surface area (Å²) >= 11 is 0. The summed E-state index contributed by atoms with van der Waals surface area (Å²) < 4.78 is 5.72. The second-order valence-electron chi connectivity index (χ2n) is 5.41. The lowest BCUT2D eigenvalue weighted by atomic mass is 10.1. The molecule has 3 rings (SSSR count). The molecule has 1 aliphatic rings. The Morgan fingerprint density at radius 2 is 2.14 bits per heavy atom. The Labute approximate surface area is 126 Å². The van der Waals surface area contributed by atoms with E-state index in [1.165, 1.54) is 22.4 Å². The lowest BCUT2D eigenvalue weighted by molar-refractivity contribution is 0.341. The quantitative estimate of drug-likeness (QED) is 0.870. The minimum atomic E-state index is 0.681. The smallest absolute Gasteiger partial charge is 0.142 e. The third kappa shape index (κ3) is 2.97. The highest BCUT2D eigenvalue weighted by Gasteiger charge is 2.13. The fourth-order valence-corrected chi connectivity index (χ4v) is 2.80. The van der Waals surface area contributed by atoms with Crippen molar-refractivity contribution in [1.29, 1.82) is 0 Å². The van der Waals surface area contributed by atoms with Gasteiger partial charge in [0.05, 0.1) is 12.3 Å². The van der Waals surface area contributed by atoms with Crippen molar-refractivity contribution in [2.45, 2.75) is 26.8 Å². The molecular weight excluding hydrogens is 260 g/mol. The van der Waals surface area contributed by atoms with Gasteiger partial charge in [-0.05, 0) is 49.1 Å². The maximum absolute atomic E-state index is 5.72. The van der Waals surface area contributed by atoms with Gasteiger partial charge in [-0.25, -0.2) is 0 Å². The lowest BCUT2D eigenvalue weighted by Gasteiger charge is -2.15. The molecule has 2 aromatic rings. The number of para-hydroxylation sites is 1. The van der Waals surface area contributed by atoms with E-state index in [4.69, 9.17) is 4.74 Å². The molecule has 2 aromatic carbocycles. The second kappa shape index (κ2) is 6.08. The molecule has 0 spiro atoms. The van der Waals surface area contributed by atoms with Gasteiger partial charge in [-0.1, -0.05) is 24.3 Å². The summed E-state index contributed by atoms with van der Waals surface area (Å²) in [5.74, 6) is 0.929. The van der Waals surface area contributed by atoms with Crippen LogP contribution in [0.5, 0.6) is 5.75 Å². The highest BCUT2D eigenvalue weighted by atomic mass is 16.5. The Balaban J connectivity index is 1.78. The Bertz CT molecular complexity index is 637. The van der Waals surface area contributed by atoms with Gasteiger partial charge in [0.15, 0.2) is 0 Å². The molecule has 0 aliphatic carbocycles. The Kier molecular flexibility index (Phi) is 4.00. The van der Waals surface area contributed by atoms with Crippen LogP contribution in [-0.4, -0.2) is 13.2 Å². The molecule has 1 aliphatic heterocycles.